The number of nitrogens with zero attached hydrogens (tertiary/aromatic N) is 1. The number of amides is 4. The van der Waals surface area contributed by atoms with Gasteiger partial charge in [-0.05, 0) is 27.2 Å². The van der Waals surface area contributed by atoms with Gasteiger partial charge >= 0.3 is 12.1 Å². The van der Waals surface area contributed by atoms with E-state index in [0.29, 0.717) is 19.5 Å². The van der Waals surface area contributed by atoms with Crippen molar-refractivity contribution in [3.05, 3.63) is 0 Å². The SMILES string of the molecule is CC1CN(C(=O)OC(C)(C)C)CCC12NC(=O)NC2=O. The summed E-state index contributed by atoms with van der Waals surface area (Å²) in [5.41, 5.74) is -1.44. The third-order valence-electron chi connectivity index (χ3n) is 3.73. The van der Waals surface area contributed by atoms with Gasteiger partial charge in [0.15, 0.2) is 0 Å². The van der Waals surface area contributed by atoms with Gasteiger partial charge in [0.05, 0.1) is 0 Å². The van der Waals surface area contributed by atoms with E-state index < -0.39 is 17.2 Å². The quantitative estimate of drug-likeness (QED) is 0.645. The first kappa shape index (κ1) is 14.6. The predicted octanol–water partition coefficient (Wildman–Crippen LogP) is 0.841. The van der Waals surface area contributed by atoms with Gasteiger partial charge in [-0.15, -0.1) is 0 Å². The lowest BCUT2D eigenvalue weighted by Gasteiger charge is -2.42. The molecule has 0 aromatic rings. The lowest BCUT2D eigenvalue weighted by atomic mass is 9.79. The van der Waals surface area contributed by atoms with E-state index in [0.717, 1.165) is 0 Å². The number of rotatable bonds is 0. The van der Waals surface area contributed by atoms with Crippen molar-refractivity contribution in [3.63, 3.8) is 0 Å². The molecule has 2 unspecified atom stereocenters. The van der Waals surface area contributed by atoms with Crippen LogP contribution in [-0.4, -0.2) is 47.2 Å². The highest BCUT2D eigenvalue weighted by atomic mass is 16.6. The first-order valence-corrected chi connectivity index (χ1v) is 6.75. The molecule has 7 nitrogen and oxygen atoms in total. The van der Waals surface area contributed by atoms with Crippen LogP contribution in [0.1, 0.15) is 34.1 Å². The van der Waals surface area contributed by atoms with Crippen LogP contribution in [0.15, 0.2) is 0 Å². The van der Waals surface area contributed by atoms with Crippen LogP contribution in [0.3, 0.4) is 0 Å². The van der Waals surface area contributed by atoms with Gasteiger partial charge in [0.1, 0.15) is 11.1 Å². The normalized spacial score (nSPS) is 30.2. The van der Waals surface area contributed by atoms with Crippen molar-refractivity contribution in [3.8, 4) is 0 Å². The minimum atomic E-state index is -0.893. The van der Waals surface area contributed by atoms with Crippen LogP contribution < -0.4 is 10.6 Å². The molecule has 7 heteroatoms. The van der Waals surface area contributed by atoms with Crippen molar-refractivity contribution >= 4 is 18.0 Å². The monoisotopic (exact) mass is 283 g/mol. The molecule has 0 aliphatic carbocycles. The number of carbonyl (C=O) groups is 3. The Kier molecular flexibility index (Phi) is 3.39. The van der Waals surface area contributed by atoms with Crippen LogP contribution in [0, 0.1) is 5.92 Å². The molecule has 0 aromatic heterocycles. The van der Waals surface area contributed by atoms with E-state index in [-0.39, 0.29) is 17.9 Å². The van der Waals surface area contributed by atoms with E-state index >= 15 is 0 Å². The number of carbonyl (C=O) groups excluding carboxylic acids is 3. The molecule has 2 heterocycles. The molecule has 2 fully saturated rings. The number of piperidine rings is 1. The average Bonchev–Trinajstić information content (AvgIpc) is 2.56. The minimum absolute atomic E-state index is 0.171. The molecule has 2 rings (SSSR count). The van der Waals surface area contributed by atoms with Gasteiger partial charge < -0.3 is 15.0 Å². The Balaban J connectivity index is 2.04. The Morgan fingerprint density at radius 1 is 1.40 bits per heavy atom. The Hall–Kier alpha value is -1.79. The van der Waals surface area contributed by atoms with Crippen LogP contribution in [0.2, 0.25) is 0 Å². The zero-order valence-corrected chi connectivity index (χ0v) is 12.3. The summed E-state index contributed by atoms with van der Waals surface area (Å²) >= 11 is 0. The Morgan fingerprint density at radius 3 is 2.50 bits per heavy atom. The van der Waals surface area contributed by atoms with Crippen LogP contribution in [0.25, 0.3) is 0 Å². The van der Waals surface area contributed by atoms with Crippen LogP contribution in [-0.2, 0) is 9.53 Å². The number of nitrogens with one attached hydrogen (secondary N) is 2. The van der Waals surface area contributed by atoms with Crippen molar-refractivity contribution in [1.29, 1.82) is 0 Å². The van der Waals surface area contributed by atoms with Crippen LogP contribution >= 0.6 is 0 Å². The van der Waals surface area contributed by atoms with Gasteiger partial charge in [-0.3, -0.25) is 10.1 Å². The van der Waals surface area contributed by atoms with Crippen molar-refractivity contribution in [2.45, 2.75) is 45.3 Å². The van der Waals surface area contributed by atoms with Gasteiger partial charge in [0.25, 0.3) is 5.91 Å². The second-order valence-corrected chi connectivity index (χ2v) is 6.46. The summed E-state index contributed by atoms with van der Waals surface area (Å²) in [4.78, 5) is 36.9. The molecule has 0 bridgehead atoms. The molecule has 2 aliphatic heterocycles. The second-order valence-electron chi connectivity index (χ2n) is 6.46. The summed E-state index contributed by atoms with van der Waals surface area (Å²) < 4.78 is 5.32. The zero-order chi connectivity index (χ0) is 15.1. The molecule has 2 atom stereocenters. The third-order valence-corrected chi connectivity index (χ3v) is 3.73. The Morgan fingerprint density at radius 2 is 2.05 bits per heavy atom. The number of likely N-dealkylation sites (tertiary alicyclic amines) is 1. The largest absolute Gasteiger partial charge is 0.444 e. The van der Waals surface area contributed by atoms with Gasteiger partial charge in [0, 0.05) is 19.0 Å². The standard InChI is InChI=1S/C13H21N3O4/c1-8-7-16(11(19)20-12(2,3)4)6-5-13(8)9(17)14-10(18)15-13/h8H,5-7H2,1-4H3,(H2,14,15,17,18). The first-order chi connectivity index (χ1) is 9.14. The Labute approximate surface area is 118 Å². The molecule has 4 amide bonds. The van der Waals surface area contributed by atoms with Crippen molar-refractivity contribution in [1.82, 2.24) is 15.5 Å². The van der Waals surface area contributed by atoms with Gasteiger partial charge in [-0.1, -0.05) is 6.92 Å². The average molecular weight is 283 g/mol. The van der Waals surface area contributed by atoms with E-state index in [2.05, 4.69) is 10.6 Å². The maximum absolute atomic E-state index is 12.0. The summed E-state index contributed by atoms with van der Waals surface area (Å²) in [5, 5.41) is 4.96. The number of hydrogen-bond acceptors (Lipinski definition) is 4. The van der Waals surface area contributed by atoms with E-state index in [1.165, 1.54) is 0 Å². The zero-order valence-electron chi connectivity index (χ0n) is 12.3. The van der Waals surface area contributed by atoms with Crippen LogP contribution in [0.5, 0.6) is 0 Å². The molecule has 0 aromatic carbocycles. The van der Waals surface area contributed by atoms with E-state index in [1.54, 1.807) is 4.90 Å². The number of urea groups is 1. The van der Waals surface area contributed by atoms with E-state index in [1.807, 2.05) is 27.7 Å². The highest BCUT2D eigenvalue weighted by Crippen LogP contribution is 2.31. The molecule has 2 aliphatic rings. The number of ether oxygens (including phenoxy) is 1. The molecule has 1 spiro atoms. The van der Waals surface area contributed by atoms with Crippen molar-refractivity contribution < 1.29 is 19.1 Å². The molecular formula is C13H21N3O4. The molecule has 0 saturated carbocycles. The smallest absolute Gasteiger partial charge is 0.410 e. The molecule has 0 radical (unpaired) electrons. The fourth-order valence-corrected chi connectivity index (χ4v) is 2.66. The topological polar surface area (TPSA) is 87.7 Å². The number of hydrogen-bond donors (Lipinski definition) is 2. The molecular weight excluding hydrogens is 262 g/mol. The van der Waals surface area contributed by atoms with Gasteiger partial charge in [-0.2, -0.15) is 0 Å². The highest BCUT2D eigenvalue weighted by molar-refractivity contribution is 6.07. The lowest BCUT2D eigenvalue weighted by molar-refractivity contribution is -0.127. The maximum Gasteiger partial charge on any atom is 0.410 e. The van der Waals surface area contributed by atoms with Crippen molar-refractivity contribution in [2.75, 3.05) is 13.1 Å². The molecule has 20 heavy (non-hydrogen) atoms. The summed E-state index contributed by atoms with van der Waals surface area (Å²) in [7, 11) is 0. The second kappa shape index (κ2) is 4.64. The van der Waals surface area contributed by atoms with E-state index in [4.69, 9.17) is 4.74 Å². The Bertz CT molecular complexity index is 457. The summed E-state index contributed by atoms with van der Waals surface area (Å²) in [6.45, 7) is 8.04. The highest BCUT2D eigenvalue weighted by Gasteiger charge is 2.53. The minimum Gasteiger partial charge on any atom is -0.444 e. The van der Waals surface area contributed by atoms with Gasteiger partial charge in [-0.25, -0.2) is 9.59 Å². The first-order valence-electron chi connectivity index (χ1n) is 6.75. The molecule has 2 saturated heterocycles. The fourth-order valence-electron chi connectivity index (χ4n) is 2.66. The number of imide groups is 1. The maximum atomic E-state index is 12.0. The summed E-state index contributed by atoms with van der Waals surface area (Å²) in [6.07, 6.45) is 0.00858. The van der Waals surface area contributed by atoms with Crippen LogP contribution in [0.4, 0.5) is 9.59 Å². The fraction of sp³-hybridized carbons (Fsp3) is 0.769. The lowest BCUT2D eigenvalue weighted by Crippen LogP contribution is -2.61. The van der Waals surface area contributed by atoms with Crippen molar-refractivity contribution in [2.24, 2.45) is 5.92 Å². The molecule has 112 valence electrons. The molecule has 2 N–H and O–H groups in total. The predicted molar refractivity (Wildman–Crippen MR) is 71.0 cm³/mol. The van der Waals surface area contributed by atoms with Gasteiger partial charge in [0.2, 0.25) is 0 Å². The summed E-state index contributed by atoms with van der Waals surface area (Å²) in [5.74, 6) is -0.478. The van der Waals surface area contributed by atoms with E-state index in [9.17, 15) is 14.4 Å². The summed E-state index contributed by atoms with van der Waals surface area (Å²) in [6, 6.07) is -0.465. The third kappa shape index (κ3) is 2.57.